The lowest BCUT2D eigenvalue weighted by atomic mass is 10.1. The number of nitrogens with zero attached hydrogens (tertiary/aromatic N) is 4. The largest absolute Gasteiger partial charge is 0.423 e. The van der Waals surface area contributed by atoms with Crippen molar-refractivity contribution >= 4 is 16.5 Å². The molecule has 0 saturated carbocycles. The van der Waals surface area contributed by atoms with Crippen LogP contribution in [0.25, 0.3) is 22.2 Å². The van der Waals surface area contributed by atoms with Crippen LogP contribution < -0.4 is 16.4 Å². The van der Waals surface area contributed by atoms with Crippen LogP contribution in [0.4, 0.5) is 40.8 Å². The lowest BCUT2D eigenvalue weighted by Gasteiger charge is -2.20. The van der Waals surface area contributed by atoms with Gasteiger partial charge in [0.15, 0.2) is 5.82 Å². The molecular formula is C26H22F8N6O2. The van der Waals surface area contributed by atoms with Crippen molar-refractivity contribution in [1.29, 1.82) is 0 Å². The van der Waals surface area contributed by atoms with Gasteiger partial charge in [0.25, 0.3) is 11.1 Å². The molecule has 3 heterocycles. The maximum Gasteiger partial charge on any atom is 0.423 e. The maximum absolute atomic E-state index is 14.9. The highest BCUT2D eigenvalue weighted by molar-refractivity contribution is 5.86. The van der Waals surface area contributed by atoms with Gasteiger partial charge in [-0.1, -0.05) is 0 Å². The van der Waals surface area contributed by atoms with Crippen molar-refractivity contribution in [2.45, 2.75) is 57.3 Å². The molecule has 4 aromatic rings. The fourth-order valence-electron chi connectivity index (χ4n) is 4.32. The number of H-pyrrole nitrogens is 1. The van der Waals surface area contributed by atoms with Crippen LogP contribution in [0, 0.1) is 5.82 Å². The number of nitrogens with one attached hydrogen (secondary N) is 2. The molecule has 16 heteroatoms. The van der Waals surface area contributed by atoms with Crippen LogP contribution in [0.3, 0.4) is 0 Å². The van der Waals surface area contributed by atoms with Crippen molar-refractivity contribution in [2.75, 3.05) is 5.32 Å². The minimum Gasteiger partial charge on any atom is -0.381 e. The van der Waals surface area contributed by atoms with Crippen LogP contribution in [0.5, 0.6) is 0 Å². The van der Waals surface area contributed by atoms with Gasteiger partial charge in [-0.25, -0.2) is 23.8 Å². The molecule has 0 amide bonds. The Morgan fingerprint density at radius 3 is 2.38 bits per heavy atom. The number of aromatic amines is 1. The first kappa shape index (κ1) is 30.6. The van der Waals surface area contributed by atoms with Crippen LogP contribution in [-0.2, 0) is 19.1 Å². The van der Waals surface area contributed by atoms with E-state index in [-0.39, 0.29) is 40.6 Å². The van der Waals surface area contributed by atoms with E-state index in [1.165, 1.54) is 25.3 Å². The predicted octanol–water partition coefficient (Wildman–Crippen LogP) is 5.42. The molecule has 3 aromatic heterocycles. The van der Waals surface area contributed by atoms with Crippen LogP contribution in [0.15, 0.2) is 52.6 Å². The van der Waals surface area contributed by atoms with Crippen molar-refractivity contribution in [2.24, 2.45) is 0 Å². The van der Waals surface area contributed by atoms with E-state index >= 15 is 0 Å². The zero-order chi connectivity index (χ0) is 30.8. The van der Waals surface area contributed by atoms with Gasteiger partial charge >= 0.3 is 12.4 Å². The maximum atomic E-state index is 14.9. The van der Waals surface area contributed by atoms with Crippen LogP contribution in [0.1, 0.15) is 30.9 Å². The number of benzene rings is 1. The van der Waals surface area contributed by atoms with Gasteiger partial charge in [0.2, 0.25) is 0 Å². The van der Waals surface area contributed by atoms with Crippen molar-refractivity contribution in [3.8, 4) is 11.4 Å². The van der Waals surface area contributed by atoms with Crippen molar-refractivity contribution in [3.05, 3.63) is 80.6 Å². The molecule has 0 spiro atoms. The van der Waals surface area contributed by atoms with Crippen molar-refractivity contribution in [3.63, 3.8) is 0 Å². The number of pyridine rings is 1. The molecule has 0 aliphatic carbocycles. The summed E-state index contributed by atoms with van der Waals surface area (Å²) in [4.78, 5) is 32.4. The smallest absolute Gasteiger partial charge is 0.381 e. The SMILES string of the molecule is CC(CC(F)Cn1ccc2cc(-c3ncc(CCC(F)(F)F)cn3)c(F)cc2c1=O)Nc1cn[nH]c(=O)c1C(F)(F)F. The first-order valence-electron chi connectivity index (χ1n) is 12.4. The number of aromatic nitrogens is 5. The summed E-state index contributed by atoms with van der Waals surface area (Å²) in [6.45, 7) is 0.894. The van der Waals surface area contributed by atoms with Crippen molar-refractivity contribution in [1.82, 2.24) is 24.7 Å². The standard InChI is InChI=1S/C26H22F8N6O2/c1-13(38-20-11-37-39-23(41)21(20)26(32,33)34)6-16(27)12-40-5-3-15-7-18(19(28)8-17(15)24(40)42)22-35-9-14(10-36-22)2-4-25(29,30)31/h3,5,7-11,13,16H,2,4,6,12H2,1H3,(H2,38,39,41). The minimum atomic E-state index is -4.98. The predicted molar refractivity (Wildman–Crippen MR) is 136 cm³/mol. The second-order valence-corrected chi connectivity index (χ2v) is 9.59. The normalized spacial score (nSPS) is 13.7. The first-order valence-corrected chi connectivity index (χ1v) is 12.4. The van der Waals surface area contributed by atoms with E-state index in [4.69, 9.17) is 0 Å². The zero-order valence-electron chi connectivity index (χ0n) is 21.7. The van der Waals surface area contributed by atoms with Gasteiger partial charge in [-0.05, 0) is 42.5 Å². The number of aryl methyl sites for hydroxylation is 1. The molecule has 42 heavy (non-hydrogen) atoms. The molecule has 224 valence electrons. The van der Waals surface area contributed by atoms with E-state index < -0.39 is 65.7 Å². The fraction of sp³-hybridized carbons (Fsp3) is 0.346. The summed E-state index contributed by atoms with van der Waals surface area (Å²) < 4.78 is 108. The number of fused-ring (bicyclic) bond motifs is 1. The quantitative estimate of drug-likeness (QED) is 0.248. The van der Waals surface area contributed by atoms with E-state index in [0.717, 1.165) is 29.2 Å². The molecule has 2 unspecified atom stereocenters. The molecule has 4 rings (SSSR count). The molecule has 0 saturated heterocycles. The molecule has 0 radical (unpaired) electrons. The Morgan fingerprint density at radius 1 is 1.05 bits per heavy atom. The summed E-state index contributed by atoms with van der Waals surface area (Å²) in [5, 5.41) is 7.63. The Hall–Kier alpha value is -4.37. The minimum absolute atomic E-state index is 0.0941. The Balaban J connectivity index is 1.48. The van der Waals surface area contributed by atoms with E-state index in [9.17, 15) is 44.7 Å². The van der Waals surface area contributed by atoms with E-state index in [1.807, 2.05) is 0 Å². The molecule has 0 fully saturated rings. The highest BCUT2D eigenvalue weighted by Crippen LogP contribution is 2.32. The zero-order valence-corrected chi connectivity index (χ0v) is 21.7. The molecule has 2 atom stereocenters. The Labute approximate surface area is 231 Å². The van der Waals surface area contributed by atoms with Crippen molar-refractivity contribution < 1.29 is 35.1 Å². The topological polar surface area (TPSA) is 106 Å². The summed E-state index contributed by atoms with van der Waals surface area (Å²) >= 11 is 0. The van der Waals surface area contributed by atoms with E-state index in [0.29, 0.717) is 0 Å². The number of halogens is 8. The van der Waals surface area contributed by atoms with E-state index in [2.05, 4.69) is 20.4 Å². The number of hydrogen-bond donors (Lipinski definition) is 2. The molecule has 1 aromatic carbocycles. The number of anilines is 1. The van der Waals surface area contributed by atoms with Gasteiger partial charge in [-0.2, -0.15) is 31.4 Å². The third-order valence-electron chi connectivity index (χ3n) is 6.25. The average molecular weight is 602 g/mol. The molecular weight excluding hydrogens is 580 g/mol. The summed E-state index contributed by atoms with van der Waals surface area (Å²) in [5.74, 6) is -0.995. The number of alkyl halides is 7. The second kappa shape index (κ2) is 11.9. The monoisotopic (exact) mass is 602 g/mol. The van der Waals surface area contributed by atoms with Crippen LogP contribution in [0.2, 0.25) is 0 Å². The molecule has 8 nitrogen and oxygen atoms in total. The Morgan fingerprint density at radius 2 is 1.74 bits per heavy atom. The van der Waals surface area contributed by atoms with Gasteiger partial charge in [0.05, 0.1) is 29.4 Å². The lowest BCUT2D eigenvalue weighted by molar-refractivity contribution is -0.138. The van der Waals surface area contributed by atoms with E-state index in [1.54, 1.807) is 5.10 Å². The van der Waals surface area contributed by atoms with Gasteiger partial charge < -0.3 is 9.88 Å². The summed E-state index contributed by atoms with van der Waals surface area (Å²) in [5.41, 5.74) is -4.21. The lowest BCUT2D eigenvalue weighted by Crippen LogP contribution is -2.30. The first-order chi connectivity index (χ1) is 19.6. The molecule has 0 aliphatic heterocycles. The second-order valence-electron chi connectivity index (χ2n) is 9.59. The highest BCUT2D eigenvalue weighted by Gasteiger charge is 2.37. The van der Waals surface area contributed by atoms with Gasteiger partial charge in [0.1, 0.15) is 17.6 Å². The Bertz CT molecular complexity index is 1680. The average Bonchev–Trinajstić information content (AvgIpc) is 2.88. The third-order valence-corrected chi connectivity index (χ3v) is 6.25. The van der Waals surface area contributed by atoms with Gasteiger partial charge in [-0.3, -0.25) is 9.59 Å². The molecule has 0 bridgehead atoms. The van der Waals surface area contributed by atoms with Crippen LogP contribution >= 0.6 is 0 Å². The number of rotatable bonds is 9. The highest BCUT2D eigenvalue weighted by atomic mass is 19.4. The summed E-state index contributed by atoms with van der Waals surface area (Å²) in [6.07, 6.45) is -8.47. The molecule has 2 N–H and O–H groups in total. The van der Waals surface area contributed by atoms with Gasteiger partial charge in [-0.15, -0.1) is 0 Å². The number of hydrogen-bond acceptors (Lipinski definition) is 6. The summed E-state index contributed by atoms with van der Waals surface area (Å²) in [6, 6.07) is 2.72. The third kappa shape index (κ3) is 7.28. The van der Waals surface area contributed by atoms with Gasteiger partial charge in [0, 0.05) is 37.5 Å². The van der Waals surface area contributed by atoms with Crippen LogP contribution in [-0.4, -0.2) is 43.1 Å². The fourth-order valence-corrected chi connectivity index (χ4v) is 4.32. The summed E-state index contributed by atoms with van der Waals surface area (Å²) in [7, 11) is 0. The molecule has 0 aliphatic rings. The Kier molecular flexibility index (Phi) is 8.63.